The molecule has 0 bridgehead atoms. The molecule has 0 aromatic carbocycles. The van der Waals surface area contributed by atoms with Crippen molar-refractivity contribution in [3.63, 3.8) is 0 Å². The molecule has 1 aromatic heterocycles. The van der Waals surface area contributed by atoms with Gasteiger partial charge in [-0.3, -0.25) is 0 Å². The van der Waals surface area contributed by atoms with E-state index in [0.29, 0.717) is 23.4 Å². The number of nitrogens with zero attached hydrogens (tertiary/aromatic N) is 2. The van der Waals surface area contributed by atoms with E-state index in [9.17, 15) is 0 Å². The summed E-state index contributed by atoms with van der Waals surface area (Å²) in [6.45, 7) is 0. The van der Waals surface area contributed by atoms with Crippen molar-refractivity contribution in [2.75, 3.05) is 17.9 Å². The van der Waals surface area contributed by atoms with Gasteiger partial charge >= 0.3 is 0 Å². The molecule has 0 spiro atoms. The van der Waals surface area contributed by atoms with Gasteiger partial charge in [-0.05, 0) is 12.8 Å². The number of rotatable bonds is 4. The standard InChI is InChI=1S/C12H21N5O/c1-18-10-11(14-8-15-12(10)17-13)16-9-6-4-2-3-5-7-9/h8-9H,2-7,13H2,1H3,(H2,14,15,16,17). The summed E-state index contributed by atoms with van der Waals surface area (Å²) in [4.78, 5) is 8.27. The minimum absolute atomic E-state index is 0.460. The van der Waals surface area contributed by atoms with Crippen LogP contribution in [0.5, 0.6) is 5.75 Å². The largest absolute Gasteiger partial charge is 0.490 e. The van der Waals surface area contributed by atoms with Gasteiger partial charge in [-0.25, -0.2) is 15.8 Å². The fourth-order valence-electron chi connectivity index (χ4n) is 2.39. The Bertz CT molecular complexity index is 377. The molecule has 1 aliphatic rings. The van der Waals surface area contributed by atoms with E-state index in [4.69, 9.17) is 10.6 Å². The Balaban J connectivity index is 2.12. The van der Waals surface area contributed by atoms with E-state index in [1.54, 1.807) is 7.11 Å². The van der Waals surface area contributed by atoms with Crippen molar-refractivity contribution < 1.29 is 4.74 Å². The van der Waals surface area contributed by atoms with Gasteiger partial charge in [0.25, 0.3) is 0 Å². The second-order valence-electron chi connectivity index (χ2n) is 4.58. The lowest BCUT2D eigenvalue weighted by Crippen LogP contribution is -2.20. The maximum atomic E-state index is 5.41. The lowest BCUT2D eigenvalue weighted by molar-refractivity contribution is 0.413. The van der Waals surface area contributed by atoms with Crippen LogP contribution < -0.4 is 21.3 Å². The summed E-state index contributed by atoms with van der Waals surface area (Å²) in [7, 11) is 1.60. The van der Waals surface area contributed by atoms with E-state index in [1.165, 1.54) is 44.9 Å². The van der Waals surface area contributed by atoms with Gasteiger partial charge in [0.1, 0.15) is 6.33 Å². The van der Waals surface area contributed by atoms with Crippen LogP contribution in [0, 0.1) is 0 Å². The normalized spacial score (nSPS) is 17.0. The number of hydrogen-bond donors (Lipinski definition) is 3. The van der Waals surface area contributed by atoms with Gasteiger partial charge in [-0.15, -0.1) is 0 Å². The number of hydrazine groups is 1. The molecule has 0 radical (unpaired) electrons. The molecule has 1 fully saturated rings. The first-order valence-corrected chi connectivity index (χ1v) is 6.47. The maximum Gasteiger partial charge on any atom is 0.205 e. The highest BCUT2D eigenvalue weighted by molar-refractivity contribution is 5.63. The predicted molar refractivity (Wildman–Crippen MR) is 71.5 cm³/mol. The summed E-state index contributed by atoms with van der Waals surface area (Å²) in [6, 6.07) is 0.460. The van der Waals surface area contributed by atoms with Crippen LogP contribution >= 0.6 is 0 Å². The third kappa shape index (κ3) is 3.01. The molecule has 1 heterocycles. The van der Waals surface area contributed by atoms with Crippen molar-refractivity contribution >= 4 is 11.6 Å². The smallest absolute Gasteiger partial charge is 0.205 e. The highest BCUT2D eigenvalue weighted by Crippen LogP contribution is 2.30. The monoisotopic (exact) mass is 251 g/mol. The van der Waals surface area contributed by atoms with Crippen molar-refractivity contribution in [3.8, 4) is 5.75 Å². The minimum atomic E-state index is 0.460. The summed E-state index contributed by atoms with van der Waals surface area (Å²) < 4.78 is 5.31. The van der Waals surface area contributed by atoms with Gasteiger partial charge in [-0.1, -0.05) is 25.7 Å². The Hall–Kier alpha value is -1.56. The number of nitrogens with one attached hydrogen (secondary N) is 2. The Labute approximate surface area is 107 Å². The number of hydrogen-bond acceptors (Lipinski definition) is 6. The third-order valence-corrected chi connectivity index (χ3v) is 3.34. The molecule has 4 N–H and O–H groups in total. The second kappa shape index (κ2) is 6.39. The van der Waals surface area contributed by atoms with Crippen molar-refractivity contribution in [2.24, 2.45) is 5.84 Å². The molecule has 1 aliphatic carbocycles. The second-order valence-corrected chi connectivity index (χ2v) is 4.58. The number of ether oxygens (including phenoxy) is 1. The van der Waals surface area contributed by atoms with Gasteiger partial charge in [0.15, 0.2) is 11.6 Å². The number of aromatic nitrogens is 2. The van der Waals surface area contributed by atoms with Crippen LogP contribution in [-0.2, 0) is 0 Å². The van der Waals surface area contributed by atoms with E-state index in [0.717, 1.165) is 0 Å². The summed E-state index contributed by atoms with van der Waals surface area (Å²) >= 11 is 0. The number of nitrogens with two attached hydrogens (primary N) is 1. The van der Waals surface area contributed by atoms with E-state index in [2.05, 4.69) is 20.7 Å². The van der Waals surface area contributed by atoms with Crippen LogP contribution in [-0.4, -0.2) is 23.1 Å². The molecule has 6 heteroatoms. The molecular weight excluding hydrogens is 230 g/mol. The van der Waals surface area contributed by atoms with Gasteiger partial charge in [0.05, 0.1) is 7.11 Å². The molecule has 1 saturated carbocycles. The first kappa shape index (κ1) is 12.9. The van der Waals surface area contributed by atoms with Gasteiger partial charge in [-0.2, -0.15) is 0 Å². The molecule has 18 heavy (non-hydrogen) atoms. The molecule has 0 saturated heterocycles. The SMILES string of the molecule is COc1c(NN)ncnc1NC1CCCCCC1. The molecule has 0 atom stereocenters. The predicted octanol–water partition coefficient (Wildman–Crippen LogP) is 1.91. The molecule has 2 rings (SSSR count). The van der Waals surface area contributed by atoms with Crippen LogP contribution in [0.25, 0.3) is 0 Å². The minimum Gasteiger partial charge on any atom is -0.490 e. The van der Waals surface area contributed by atoms with Gasteiger partial charge < -0.3 is 15.5 Å². The highest BCUT2D eigenvalue weighted by atomic mass is 16.5. The lowest BCUT2D eigenvalue weighted by atomic mass is 10.1. The summed E-state index contributed by atoms with van der Waals surface area (Å²) in [6.07, 6.45) is 9.04. The van der Waals surface area contributed by atoms with Crippen LogP contribution in [0.15, 0.2) is 6.33 Å². The zero-order chi connectivity index (χ0) is 12.8. The summed E-state index contributed by atoms with van der Waals surface area (Å²) in [5, 5.41) is 3.44. The third-order valence-electron chi connectivity index (χ3n) is 3.34. The van der Waals surface area contributed by atoms with Crippen LogP contribution in [0.2, 0.25) is 0 Å². The zero-order valence-corrected chi connectivity index (χ0v) is 10.8. The van der Waals surface area contributed by atoms with Gasteiger partial charge in [0.2, 0.25) is 5.75 Å². The molecule has 0 unspecified atom stereocenters. The van der Waals surface area contributed by atoms with E-state index < -0.39 is 0 Å². The fourth-order valence-corrected chi connectivity index (χ4v) is 2.39. The van der Waals surface area contributed by atoms with E-state index in [-0.39, 0.29) is 0 Å². The molecular formula is C12H21N5O. The molecule has 0 amide bonds. The molecule has 0 aliphatic heterocycles. The fraction of sp³-hybridized carbons (Fsp3) is 0.667. The van der Waals surface area contributed by atoms with Crippen molar-refractivity contribution in [1.82, 2.24) is 9.97 Å². The number of methoxy groups -OCH3 is 1. The van der Waals surface area contributed by atoms with E-state index >= 15 is 0 Å². The van der Waals surface area contributed by atoms with Crippen LogP contribution in [0.1, 0.15) is 38.5 Å². The Morgan fingerprint density at radius 2 is 1.83 bits per heavy atom. The Kier molecular flexibility index (Phi) is 4.58. The maximum absolute atomic E-state index is 5.41. The topological polar surface area (TPSA) is 85.1 Å². The molecule has 1 aromatic rings. The van der Waals surface area contributed by atoms with Crippen LogP contribution in [0.3, 0.4) is 0 Å². The molecule has 100 valence electrons. The number of anilines is 2. The van der Waals surface area contributed by atoms with Gasteiger partial charge in [0, 0.05) is 6.04 Å². The first-order chi connectivity index (χ1) is 8.85. The van der Waals surface area contributed by atoms with E-state index in [1.807, 2.05) is 0 Å². The Morgan fingerprint density at radius 3 is 2.44 bits per heavy atom. The Morgan fingerprint density at radius 1 is 1.17 bits per heavy atom. The van der Waals surface area contributed by atoms with Crippen LogP contribution in [0.4, 0.5) is 11.6 Å². The lowest BCUT2D eigenvalue weighted by Gasteiger charge is -2.19. The first-order valence-electron chi connectivity index (χ1n) is 6.47. The summed E-state index contributed by atoms with van der Waals surface area (Å²) in [5.41, 5.74) is 2.52. The highest BCUT2D eigenvalue weighted by Gasteiger charge is 2.17. The quantitative estimate of drug-likeness (QED) is 0.430. The average molecular weight is 251 g/mol. The molecule has 6 nitrogen and oxygen atoms in total. The van der Waals surface area contributed by atoms with Crippen molar-refractivity contribution in [3.05, 3.63) is 6.33 Å². The van der Waals surface area contributed by atoms with Crippen molar-refractivity contribution in [2.45, 2.75) is 44.6 Å². The zero-order valence-electron chi connectivity index (χ0n) is 10.8. The summed E-state index contributed by atoms with van der Waals surface area (Å²) in [5.74, 6) is 7.20. The average Bonchev–Trinajstić information content (AvgIpc) is 2.67. The number of nitrogen functional groups attached to an aromatic ring is 1. The van der Waals surface area contributed by atoms with Crippen molar-refractivity contribution in [1.29, 1.82) is 0 Å².